The summed E-state index contributed by atoms with van der Waals surface area (Å²) in [5.74, 6) is 1.83. The summed E-state index contributed by atoms with van der Waals surface area (Å²) < 4.78 is 26.7. The highest BCUT2D eigenvalue weighted by Crippen LogP contribution is 2.24. The first kappa shape index (κ1) is 12.4. The fraction of sp³-hybridized carbons (Fsp3) is 0.556. The van der Waals surface area contributed by atoms with Crippen molar-refractivity contribution >= 4 is 33.1 Å². The van der Waals surface area contributed by atoms with Gasteiger partial charge in [-0.15, -0.1) is 11.3 Å². The van der Waals surface area contributed by atoms with Gasteiger partial charge in [0.05, 0.1) is 11.5 Å². The van der Waals surface area contributed by atoms with Gasteiger partial charge in [-0.2, -0.15) is 11.8 Å². The molecule has 1 aromatic heterocycles. The van der Waals surface area contributed by atoms with Gasteiger partial charge in [0.1, 0.15) is 0 Å². The average molecular weight is 279 g/mol. The van der Waals surface area contributed by atoms with E-state index in [-0.39, 0.29) is 17.5 Å². The van der Waals surface area contributed by atoms with Crippen molar-refractivity contribution in [1.82, 2.24) is 4.72 Å². The zero-order valence-corrected chi connectivity index (χ0v) is 11.0. The van der Waals surface area contributed by atoms with E-state index in [0.717, 1.165) is 17.9 Å². The van der Waals surface area contributed by atoms with E-state index in [4.69, 9.17) is 5.11 Å². The second kappa shape index (κ2) is 5.05. The summed E-state index contributed by atoms with van der Waals surface area (Å²) in [6.45, 7) is -0.229. The number of hydrogen-bond acceptors (Lipinski definition) is 5. The first-order chi connectivity index (χ1) is 7.63. The van der Waals surface area contributed by atoms with Gasteiger partial charge in [-0.05, 0) is 23.6 Å². The van der Waals surface area contributed by atoms with Gasteiger partial charge in [0.25, 0.3) is 0 Å². The van der Waals surface area contributed by atoms with E-state index < -0.39 is 10.0 Å². The zero-order chi connectivity index (χ0) is 11.6. The van der Waals surface area contributed by atoms with Crippen molar-refractivity contribution in [2.24, 2.45) is 0 Å². The molecule has 90 valence electrons. The van der Waals surface area contributed by atoms with Gasteiger partial charge in [-0.1, -0.05) is 0 Å². The van der Waals surface area contributed by atoms with E-state index in [1.165, 1.54) is 11.3 Å². The minimum Gasteiger partial charge on any atom is -0.391 e. The molecule has 0 radical (unpaired) electrons. The standard InChI is InChI=1S/C9H13NO3S3/c11-5-8-9(2-4-15-8)16(12,13)10-7-1-3-14-6-7/h2,4,7,10-11H,1,3,5-6H2. The number of thiophene rings is 1. The Bertz CT molecular complexity index is 448. The maximum absolute atomic E-state index is 12.0. The Morgan fingerprint density at radius 2 is 2.38 bits per heavy atom. The van der Waals surface area contributed by atoms with E-state index in [9.17, 15) is 8.42 Å². The molecule has 0 aromatic carbocycles. The summed E-state index contributed by atoms with van der Waals surface area (Å²) in [6.07, 6.45) is 0.877. The van der Waals surface area contributed by atoms with Gasteiger partial charge in [0.2, 0.25) is 10.0 Å². The molecule has 0 bridgehead atoms. The molecule has 1 aliphatic heterocycles. The largest absolute Gasteiger partial charge is 0.391 e. The fourth-order valence-electron chi connectivity index (χ4n) is 1.59. The second-order valence-corrected chi connectivity index (χ2v) is 7.38. The smallest absolute Gasteiger partial charge is 0.242 e. The lowest BCUT2D eigenvalue weighted by Gasteiger charge is -2.11. The highest BCUT2D eigenvalue weighted by atomic mass is 32.2. The molecular formula is C9H13NO3S3. The maximum Gasteiger partial charge on any atom is 0.242 e. The molecular weight excluding hydrogens is 266 g/mol. The molecule has 1 aromatic rings. The average Bonchev–Trinajstić information content (AvgIpc) is 2.85. The predicted molar refractivity (Wildman–Crippen MR) is 66.3 cm³/mol. The van der Waals surface area contributed by atoms with Crippen LogP contribution in [0.1, 0.15) is 11.3 Å². The van der Waals surface area contributed by atoms with Crippen LogP contribution < -0.4 is 4.72 Å². The highest BCUT2D eigenvalue weighted by Gasteiger charge is 2.25. The molecule has 4 nitrogen and oxygen atoms in total. The van der Waals surface area contributed by atoms with Gasteiger partial charge in [0.15, 0.2) is 0 Å². The van der Waals surface area contributed by atoms with Crippen LogP contribution in [0.2, 0.25) is 0 Å². The van der Waals surface area contributed by atoms with Gasteiger partial charge >= 0.3 is 0 Å². The van der Waals surface area contributed by atoms with Crippen molar-refractivity contribution in [3.05, 3.63) is 16.3 Å². The van der Waals surface area contributed by atoms with Crippen molar-refractivity contribution in [2.45, 2.75) is 24.0 Å². The Balaban J connectivity index is 2.18. The van der Waals surface area contributed by atoms with E-state index in [1.807, 2.05) is 0 Å². The van der Waals surface area contributed by atoms with E-state index in [1.54, 1.807) is 23.2 Å². The van der Waals surface area contributed by atoms with E-state index in [2.05, 4.69) is 4.72 Å². The summed E-state index contributed by atoms with van der Waals surface area (Å²) in [4.78, 5) is 0.718. The molecule has 7 heteroatoms. The molecule has 1 aliphatic rings. The molecule has 1 saturated heterocycles. The Hall–Kier alpha value is -0.0800. The van der Waals surface area contributed by atoms with Crippen molar-refractivity contribution in [3.63, 3.8) is 0 Å². The minimum absolute atomic E-state index is 0.0291. The van der Waals surface area contributed by atoms with Gasteiger partial charge in [-0.25, -0.2) is 13.1 Å². The number of aliphatic hydroxyl groups is 1. The molecule has 0 spiro atoms. The maximum atomic E-state index is 12.0. The molecule has 1 unspecified atom stereocenters. The van der Waals surface area contributed by atoms with Crippen LogP contribution in [0.15, 0.2) is 16.3 Å². The van der Waals surface area contributed by atoms with Gasteiger partial charge in [-0.3, -0.25) is 0 Å². The third-order valence-electron chi connectivity index (χ3n) is 2.39. The summed E-state index contributed by atoms with van der Waals surface area (Å²) in [5.41, 5.74) is 0. The summed E-state index contributed by atoms with van der Waals surface area (Å²) in [5, 5.41) is 10.7. The Labute approximate surface area is 103 Å². The summed E-state index contributed by atoms with van der Waals surface area (Å²) in [7, 11) is -3.46. The number of sulfonamides is 1. The molecule has 2 N–H and O–H groups in total. The van der Waals surface area contributed by atoms with Crippen molar-refractivity contribution < 1.29 is 13.5 Å². The molecule has 16 heavy (non-hydrogen) atoms. The van der Waals surface area contributed by atoms with Crippen LogP contribution in [0.4, 0.5) is 0 Å². The third-order valence-corrected chi connectivity index (χ3v) is 6.19. The van der Waals surface area contributed by atoms with Gasteiger partial charge < -0.3 is 5.11 Å². The van der Waals surface area contributed by atoms with Crippen LogP contribution in [-0.2, 0) is 16.6 Å². The lowest BCUT2D eigenvalue weighted by molar-refractivity contribution is 0.282. The number of thioether (sulfide) groups is 1. The van der Waals surface area contributed by atoms with Crippen molar-refractivity contribution in [3.8, 4) is 0 Å². The minimum atomic E-state index is -3.46. The van der Waals surface area contributed by atoms with Crippen molar-refractivity contribution in [1.29, 1.82) is 0 Å². The van der Waals surface area contributed by atoms with Crippen molar-refractivity contribution in [2.75, 3.05) is 11.5 Å². The first-order valence-electron chi connectivity index (χ1n) is 4.91. The Kier molecular flexibility index (Phi) is 3.91. The quantitative estimate of drug-likeness (QED) is 0.864. The number of rotatable bonds is 4. The Morgan fingerprint density at radius 1 is 1.56 bits per heavy atom. The zero-order valence-electron chi connectivity index (χ0n) is 8.55. The number of hydrogen-bond donors (Lipinski definition) is 2. The molecule has 0 aliphatic carbocycles. The topological polar surface area (TPSA) is 66.4 Å². The summed E-state index contributed by atoms with van der Waals surface area (Å²) in [6, 6.07) is 1.57. The van der Waals surface area contributed by atoms with E-state index in [0.29, 0.717) is 4.88 Å². The SMILES string of the molecule is O=S(=O)(NC1CCSC1)c1ccsc1CO. The molecule has 1 fully saturated rings. The van der Waals surface area contributed by atoms with Gasteiger partial charge in [0, 0.05) is 16.7 Å². The van der Waals surface area contributed by atoms with Crippen LogP contribution in [-0.4, -0.2) is 31.1 Å². The third kappa shape index (κ3) is 2.60. The molecule has 1 atom stereocenters. The molecule has 2 rings (SSSR count). The normalized spacial score (nSPS) is 21.4. The predicted octanol–water partition coefficient (Wildman–Crippen LogP) is 1.02. The van der Waals surface area contributed by atoms with Crippen LogP contribution >= 0.6 is 23.1 Å². The second-order valence-electron chi connectivity index (χ2n) is 3.55. The first-order valence-corrected chi connectivity index (χ1v) is 8.42. The van der Waals surface area contributed by atoms with E-state index >= 15 is 0 Å². The fourth-order valence-corrected chi connectivity index (χ4v) is 5.42. The summed E-state index contributed by atoms with van der Waals surface area (Å²) >= 11 is 3.02. The Morgan fingerprint density at radius 3 is 3.00 bits per heavy atom. The molecule has 2 heterocycles. The lowest BCUT2D eigenvalue weighted by Crippen LogP contribution is -2.34. The monoisotopic (exact) mass is 279 g/mol. The lowest BCUT2D eigenvalue weighted by atomic mass is 10.3. The number of aliphatic hydroxyl groups excluding tert-OH is 1. The van der Waals surface area contributed by atoms with Crippen LogP contribution in [0.25, 0.3) is 0 Å². The van der Waals surface area contributed by atoms with Crippen LogP contribution in [0.3, 0.4) is 0 Å². The number of nitrogens with one attached hydrogen (secondary N) is 1. The van der Waals surface area contributed by atoms with Crippen LogP contribution in [0, 0.1) is 0 Å². The highest BCUT2D eigenvalue weighted by molar-refractivity contribution is 7.99. The van der Waals surface area contributed by atoms with Crippen LogP contribution in [0.5, 0.6) is 0 Å². The molecule has 0 saturated carbocycles. The molecule has 0 amide bonds.